The average molecular weight is 355 g/mol. The summed E-state index contributed by atoms with van der Waals surface area (Å²) in [6.07, 6.45) is 0.443. The molecular weight excluding hydrogens is 337 g/mol. The number of aliphatic hydroxyl groups is 1. The van der Waals surface area contributed by atoms with Crippen molar-refractivity contribution in [2.24, 2.45) is 11.7 Å². The third-order valence-electron chi connectivity index (χ3n) is 3.08. The molecule has 0 bridgehead atoms. The first kappa shape index (κ1) is 14.7. The number of likely N-dealkylation sites (tertiary alicyclic amines) is 1. The molecule has 0 radical (unpaired) electrons. The van der Waals surface area contributed by atoms with Crippen LogP contribution in [0.3, 0.4) is 0 Å². The molecule has 4 N–H and O–H groups in total. The van der Waals surface area contributed by atoms with Crippen LogP contribution in [0.15, 0.2) is 0 Å². The summed E-state index contributed by atoms with van der Waals surface area (Å²) in [5.74, 6) is -0.260. The molecule has 1 aliphatic heterocycles. The first-order valence-electron chi connectivity index (χ1n) is 5.60. The topological polar surface area (TPSA) is 95.7 Å². The number of nitrogens with zero attached hydrogens (tertiary/aromatic N) is 1. The van der Waals surface area contributed by atoms with Crippen molar-refractivity contribution < 1.29 is 14.7 Å². The fraction of sp³-hybridized carbons (Fsp3) is 0.800. The zero-order valence-electron chi connectivity index (χ0n) is 9.73. The number of hydrogen-bond donors (Lipinski definition) is 3. The largest absolute Gasteiger partial charge is 0.391 e. The standard InChI is InChI=1S/C10H18IN3O3/c1-6(15)8(12)10(17)14-4-2-7(3-5-14)9(16)13-11/h6-8,15H,2-5,12H2,1H3,(H,13,16). The fourth-order valence-corrected chi connectivity index (χ4v) is 2.30. The van der Waals surface area contributed by atoms with Gasteiger partial charge in [-0.1, -0.05) is 0 Å². The maximum atomic E-state index is 11.8. The molecule has 0 spiro atoms. The molecule has 98 valence electrons. The second-order valence-electron chi connectivity index (χ2n) is 4.32. The van der Waals surface area contributed by atoms with Gasteiger partial charge >= 0.3 is 0 Å². The van der Waals surface area contributed by atoms with Crippen LogP contribution in [0.2, 0.25) is 0 Å². The highest BCUT2D eigenvalue weighted by molar-refractivity contribution is 14.1. The number of carbonyl (C=O) groups excluding carboxylic acids is 2. The van der Waals surface area contributed by atoms with Crippen molar-refractivity contribution in [1.29, 1.82) is 0 Å². The summed E-state index contributed by atoms with van der Waals surface area (Å²) in [5.41, 5.74) is 5.59. The fourth-order valence-electron chi connectivity index (χ4n) is 1.86. The van der Waals surface area contributed by atoms with Crippen molar-refractivity contribution in [2.75, 3.05) is 13.1 Å². The molecule has 2 unspecified atom stereocenters. The molecule has 2 amide bonds. The summed E-state index contributed by atoms with van der Waals surface area (Å²) >= 11 is 1.82. The van der Waals surface area contributed by atoms with Crippen molar-refractivity contribution >= 4 is 34.7 Å². The van der Waals surface area contributed by atoms with Crippen molar-refractivity contribution in [3.63, 3.8) is 0 Å². The SMILES string of the molecule is CC(O)C(N)C(=O)N1CCC(C(=O)NI)CC1. The minimum atomic E-state index is -0.870. The first-order valence-corrected chi connectivity index (χ1v) is 6.68. The van der Waals surface area contributed by atoms with Crippen LogP contribution in [0.1, 0.15) is 19.8 Å². The normalized spacial score (nSPS) is 20.8. The van der Waals surface area contributed by atoms with E-state index in [1.165, 1.54) is 6.92 Å². The van der Waals surface area contributed by atoms with Gasteiger partial charge in [0.25, 0.3) is 0 Å². The second-order valence-corrected chi connectivity index (χ2v) is 4.86. The van der Waals surface area contributed by atoms with Crippen LogP contribution in [0.5, 0.6) is 0 Å². The van der Waals surface area contributed by atoms with Gasteiger partial charge in [-0.25, -0.2) is 0 Å². The van der Waals surface area contributed by atoms with Gasteiger partial charge in [-0.05, 0) is 19.8 Å². The van der Waals surface area contributed by atoms with Gasteiger partial charge in [0, 0.05) is 19.0 Å². The molecule has 2 atom stereocenters. The Balaban J connectivity index is 2.47. The molecule has 7 heteroatoms. The van der Waals surface area contributed by atoms with Crippen LogP contribution in [0.4, 0.5) is 0 Å². The summed E-state index contributed by atoms with van der Waals surface area (Å²) in [7, 11) is 0. The predicted octanol–water partition coefficient (Wildman–Crippen LogP) is -0.601. The number of rotatable bonds is 3. The van der Waals surface area contributed by atoms with Crippen molar-refractivity contribution in [3.05, 3.63) is 0 Å². The summed E-state index contributed by atoms with van der Waals surface area (Å²) in [5, 5.41) is 9.26. The van der Waals surface area contributed by atoms with E-state index in [0.717, 1.165) is 0 Å². The number of hydrogen-bond acceptors (Lipinski definition) is 4. The quantitative estimate of drug-likeness (QED) is 0.465. The molecule has 6 nitrogen and oxygen atoms in total. The lowest BCUT2D eigenvalue weighted by molar-refractivity contribution is -0.138. The van der Waals surface area contributed by atoms with E-state index in [4.69, 9.17) is 5.73 Å². The maximum Gasteiger partial charge on any atom is 0.242 e. The van der Waals surface area contributed by atoms with E-state index in [0.29, 0.717) is 25.9 Å². The third kappa shape index (κ3) is 3.78. The highest BCUT2D eigenvalue weighted by Crippen LogP contribution is 2.18. The number of amides is 2. The van der Waals surface area contributed by atoms with Gasteiger partial charge in [-0.2, -0.15) is 0 Å². The first-order chi connectivity index (χ1) is 7.97. The van der Waals surface area contributed by atoms with Crippen LogP contribution in [0.25, 0.3) is 0 Å². The van der Waals surface area contributed by atoms with E-state index in [2.05, 4.69) is 3.53 Å². The highest BCUT2D eigenvalue weighted by Gasteiger charge is 2.30. The molecule has 0 saturated carbocycles. The van der Waals surface area contributed by atoms with Crippen molar-refractivity contribution in [3.8, 4) is 0 Å². The molecule has 1 fully saturated rings. The van der Waals surface area contributed by atoms with Gasteiger partial charge < -0.3 is 15.7 Å². The van der Waals surface area contributed by atoms with E-state index in [1.807, 2.05) is 22.9 Å². The van der Waals surface area contributed by atoms with E-state index in [1.54, 1.807) is 4.90 Å². The van der Waals surface area contributed by atoms with Crippen LogP contribution in [-0.4, -0.2) is 47.1 Å². The number of nitrogens with two attached hydrogens (primary N) is 1. The number of piperidine rings is 1. The molecule has 0 aromatic rings. The predicted molar refractivity (Wildman–Crippen MR) is 71.1 cm³/mol. The molecule has 0 aromatic heterocycles. The van der Waals surface area contributed by atoms with Crippen LogP contribution >= 0.6 is 22.9 Å². The zero-order valence-corrected chi connectivity index (χ0v) is 11.9. The number of nitrogens with one attached hydrogen (secondary N) is 1. The summed E-state index contributed by atoms with van der Waals surface area (Å²) in [6, 6.07) is -0.870. The second kappa shape index (κ2) is 6.50. The molecular formula is C10H18IN3O3. The Labute approximate surface area is 114 Å². The smallest absolute Gasteiger partial charge is 0.242 e. The third-order valence-corrected chi connectivity index (χ3v) is 3.61. The number of carbonyl (C=O) groups is 2. The average Bonchev–Trinajstić information content (AvgIpc) is 2.36. The molecule has 1 rings (SSSR count). The Morgan fingerprint density at radius 3 is 2.41 bits per heavy atom. The molecule has 1 heterocycles. The van der Waals surface area contributed by atoms with Crippen LogP contribution in [-0.2, 0) is 9.59 Å². The minimum Gasteiger partial charge on any atom is -0.391 e. The van der Waals surface area contributed by atoms with Gasteiger partial charge in [0.15, 0.2) is 0 Å². The highest BCUT2D eigenvalue weighted by atomic mass is 127. The molecule has 1 aliphatic rings. The number of aliphatic hydroxyl groups excluding tert-OH is 1. The Morgan fingerprint density at radius 2 is 2.00 bits per heavy atom. The summed E-state index contributed by atoms with van der Waals surface area (Å²) in [6.45, 7) is 2.54. The Morgan fingerprint density at radius 1 is 1.47 bits per heavy atom. The monoisotopic (exact) mass is 355 g/mol. The van der Waals surface area contributed by atoms with E-state index >= 15 is 0 Å². The van der Waals surface area contributed by atoms with Crippen LogP contribution < -0.4 is 9.26 Å². The lowest BCUT2D eigenvalue weighted by Crippen LogP contribution is -2.52. The van der Waals surface area contributed by atoms with E-state index in [9.17, 15) is 14.7 Å². The molecule has 0 aromatic carbocycles. The van der Waals surface area contributed by atoms with Crippen molar-refractivity contribution in [2.45, 2.75) is 31.9 Å². The zero-order chi connectivity index (χ0) is 13.0. The molecule has 1 saturated heterocycles. The summed E-state index contributed by atoms with van der Waals surface area (Å²) in [4.78, 5) is 24.8. The number of halogens is 1. The van der Waals surface area contributed by atoms with E-state index < -0.39 is 12.1 Å². The Kier molecular flexibility index (Phi) is 5.60. The van der Waals surface area contributed by atoms with Crippen LogP contribution in [0, 0.1) is 5.92 Å². The lowest BCUT2D eigenvalue weighted by Gasteiger charge is -2.33. The lowest BCUT2D eigenvalue weighted by atomic mass is 9.95. The Bertz CT molecular complexity index is 291. The van der Waals surface area contributed by atoms with Gasteiger partial charge in [0.2, 0.25) is 11.8 Å². The minimum absolute atomic E-state index is 0.0116. The molecule has 17 heavy (non-hydrogen) atoms. The van der Waals surface area contributed by atoms with Gasteiger partial charge in [0.1, 0.15) is 6.04 Å². The van der Waals surface area contributed by atoms with E-state index in [-0.39, 0.29) is 17.7 Å². The van der Waals surface area contributed by atoms with Gasteiger partial charge in [-0.15, -0.1) is 0 Å². The Hall–Kier alpha value is -0.410. The molecule has 0 aliphatic carbocycles. The van der Waals surface area contributed by atoms with Gasteiger partial charge in [-0.3, -0.25) is 13.1 Å². The maximum absolute atomic E-state index is 11.8. The summed E-state index contributed by atoms with van der Waals surface area (Å²) < 4.78 is 2.58. The van der Waals surface area contributed by atoms with Gasteiger partial charge in [0.05, 0.1) is 29.0 Å². The van der Waals surface area contributed by atoms with Crippen molar-refractivity contribution in [1.82, 2.24) is 8.43 Å².